The molecule has 2 aromatic carbocycles. The van der Waals surface area contributed by atoms with E-state index in [9.17, 15) is 26.4 Å². The van der Waals surface area contributed by atoms with Crippen LogP contribution in [0.4, 0.5) is 18.9 Å². The van der Waals surface area contributed by atoms with E-state index in [1.165, 1.54) is 0 Å². The SMILES string of the molecule is Cc1ccc(S(=O)(=O)Nc2ccc(C3(C(=O)NCCN4CCOCC4)CC3)cc2)cc1C.O=C(O)C(F)(F)F. The van der Waals surface area contributed by atoms with Gasteiger partial charge in [-0.2, -0.15) is 13.2 Å². The minimum atomic E-state index is -5.08. The lowest BCUT2D eigenvalue weighted by Crippen LogP contribution is -2.43. The van der Waals surface area contributed by atoms with Crippen LogP contribution < -0.4 is 10.0 Å². The van der Waals surface area contributed by atoms with Gasteiger partial charge < -0.3 is 15.2 Å². The third-order valence-corrected chi connectivity index (χ3v) is 8.10. The molecule has 3 N–H and O–H groups in total. The minimum absolute atomic E-state index is 0.0502. The van der Waals surface area contributed by atoms with Crippen molar-refractivity contribution >= 4 is 27.6 Å². The highest BCUT2D eigenvalue weighted by Gasteiger charge is 2.51. The molecule has 0 radical (unpaired) electrons. The van der Waals surface area contributed by atoms with E-state index < -0.39 is 27.6 Å². The van der Waals surface area contributed by atoms with Gasteiger partial charge in [-0.05, 0) is 67.6 Å². The quantitative estimate of drug-likeness (QED) is 0.444. The zero-order chi connectivity index (χ0) is 28.8. The van der Waals surface area contributed by atoms with E-state index in [4.69, 9.17) is 14.6 Å². The van der Waals surface area contributed by atoms with Crippen LogP contribution in [-0.4, -0.2) is 75.9 Å². The topological polar surface area (TPSA) is 125 Å². The van der Waals surface area contributed by atoms with E-state index in [1.807, 2.05) is 32.0 Å². The van der Waals surface area contributed by atoms with Crippen molar-refractivity contribution in [3.8, 4) is 0 Å². The zero-order valence-electron chi connectivity index (χ0n) is 21.7. The van der Waals surface area contributed by atoms with E-state index in [0.29, 0.717) is 12.2 Å². The van der Waals surface area contributed by atoms with Gasteiger partial charge in [0.2, 0.25) is 5.91 Å². The Labute approximate surface area is 225 Å². The number of nitrogens with zero attached hydrogens (tertiary/aromatic N) is 1. The number of hydrogen-bond donors (Lipinski definition) is 3. The van der Waals surface area contributed by atoms with Gasteiger partial charge in [0.05, 0.1) is 23.5 Å². The molecule has 0 aromatic heterocycles. The highest BCUT2D eigenvalue weighted by Crippen LogP contribution is 2.48. The predicted octanol–water partition coefficient (Wildman–Crippen LogP) is 3.22. The first-order chi connectivity index (χ1) is 18.2. The molecular weight excluding hydrogens is 539 g/mol. The van der Waals surface area contributed by atoms with Crippen LogP contribution in [0.15, 0.2) is 47.4 Å². The number of alkyl halides is 3. The van der Waals surface area contributed by atoms with Crippen LogP contribution in [0, 0.1) is 13.8 Å². The number of aliphatic carboxylic acids is 1. The molecule has 39 heavy (non-hydrogen) atoms. The molecule has 0 unspecified atom stereocenters. The Morgan fingerprint density at radius 3 is 2.13 bits per heavy atom. The number of carboxylic acid groups (broad SMARTS) is 1. The van der Waals surface area contributed by atoms with Crippen LogP contribution >= 0.6 is 0 Å². The molecule has 2 aromatic rings. The highest BCUT2D eigenvalue weighted by molar-refractivity contribution is 7.92. The molecule has 214 valence electrons. The first-order valence-electron chi connectivity index (χ1n) is 12.3. The summed E-state index contributed by atoms with van der Waals surface area (Å²) in [5.74, 6) is -2.71. The van der Waals surface area contributed by atoms with Crippen molar-refractivity contribution in [3.05, 3.63) is 59.2 Å². The Hall–Kier alpha value is -3.16. The largest absolute Gasteiger partial charge is 0.490 e. The van der Waals surface area contributed by atoms with Crippen molar-refractivity contribution in [3.63, 3.8) is 0 Å². The lowest BCUT2D eigenvalue weighted by atomic mass is 9.95. The van der Waals surface area contributed by atoms with Crippen molar-refractivity contribution in [2.45, 2.75) is 43.2 Å². The number of sulfonamides is 1. The molecule has 2 fully saturated rings. The summed E-state index contributed by atoms with van der Waals surface area (Å²) in [4.78, 5) is 24.3. The first-order valence-corrected chi connectivity index (χ1v) is 13.8. The standard InChI is InChI=1S/C24H31N3O4S.C2HF3O2/c1-18-3-8-22(17-19(18)2)32(29,30)26-21-6-4-20(5-7-21)24(9-10-24)23(28)25-11-12-27-13-15-31-16-14-27;3-2(4,5)1(6)7/h3-8,17,26H,9-16H2,1-2H3,(H,25,28);(H,6,7). The fourth-order valence-corrected chi connectivity index (χ4v) is 5.19. The predicted molar refractivity (Wildman–Crippen MR) is 138 cm³/mol. The minimum Gasteiger partial charge on any atom is -0.475 e. The van der Waals surface area contributed by atoms with Crippen LogP contribution in [0.3, 0.4) is 0 Å². The molecule has 1 saturated heterocycles. The molecule has 4 rings (SSSR count). The van der Waals surface area contributed by atoms with Crippen LogP contribution in [0.25, 0.3) is 0 Å². The number of benzene rings is 2. The molecule has 1 heterocycles. The first kappa shape index (κ1) is 30.4. The van der Waals surface area contributed by atoms with E-state index in [0.717, 1.165) is 62.4 Å². The summed E-state index contributed by atoms with van der Waals surface area (Å²) in [6.45, 7) is 8.59. The van der Waals surface area contributed by atoms with Crippen LogP contribution in [0.5, 0.6) is 0 Å². The van der Waals surface area contributed by atoms with Crippen molar-refractivity contribution in [1.82, 2.24) is 10.2 Å². The number of rotatable bonds is 8. The summed E-state index contributed by atoms with van der Waals surface area (Å²) in [6.07, 6.45) is -3.46. The van der Waals surface area contributed by atoms with Crippen molar-refractivity contribution < 1.29 is 41.0 Å². The van der Waals surface area contributed by atoms with Gasteiger partial charge in [-0.3, -0.25) is 14.4 Å². The number of carboxylic acids is 1. The molecule has 0 bridgehead atoms. The van der Waals surface area contributed by atoms with E-state index in [2.05, 4.69) is 14.9 Å². The van der Waals surface area contributed by atoms with Crippen molar-refractivity contribution in [1.29, 1.82) is 0 Å². The maximum absolute atomic E-state index is 12.9. The highest BCUT2D eigenvalue weighted by atomic mass is 32.2. The van der Waals surface area contributed by atoms with Gasteiger partial charge in [0.15, 0.2) is 0 Å². The zero-order valence-corrected chi connectivity index (χ0v) is 22.5. The number of hydrogen-bond acceptors (Lipinski definition) is 6. The maximum atomic E-state index is 12.9. The van der Waals surface area contributed by atoms with Crippen molar-refractivity contribution in [2.24, 2.45) is 0 Å². The second-order valence-corrected chi connectivity index (χ2v) is 11.2. The number of nitrogens with one attached hydrogen (secondary N) is 2. The molecule has 1 amide bonds. The maximum Gasteiger partial charge on any atom is 0.490 e. The molecule has 1 aliphatic carbocycles. The molecule has 1 aliphatic heterocycles. The molecule has 1 saturated carbocycles. The average Bonchev–Trinajstić information content (AvgIpc) is 3.68. The van der Waals surface area contributed by atoms with Crippen LogP contribution in [0.2, 0.25) is 0 Å². The average molecular weight is 572 g/mol. The molecule has 0 atom stereocenters. The fraction of sp³-hybridized carbons (Fsp3) is 0.462. The smallest absolute Gasteiger partial charge is 0.475 e. The summed E-state index contributed by atoms with van der Waals surface area (Å²) in [6, 6.07) is 12.3. The number of amides is 1. The van der Waals surface area contributed by atoms with Gasteiger partial charge in [0, 0.05) is 31.9 Å². The van der Waals surface area contributed by atoms with E-state index in [1.54, 1.807) is 24.3 Å². The Kier molecular flexibility index (Phi) is 9.62. The molecule has 9 nitrogen and oxygen atoms in total. The van der Waals surface area contributed by atoms with Gasteiger partial charge in [0.25, 0.3) is 10.0 Å². The third-order valence-electron chi connectivity index (χ3n) is 6.72. The number of morpholine rings is 1. The number of ether oxygens (including phenoxy) is 1. The Bertz CT molecular complexity index is 1270. The van der Waals surface area contributed by atoms with Crippen molar-refractivity contribution in [2.75, 3.05) is 44.1 Å². The van der Waals surface area contributed by atoms with E-state index >= 15 is 0 Å². The number of halogens is 3. The Morgan fingerprint density at radius 2 is 1.62 bits per heavy atom. The lowest BCUT2D eigenvalue weighted by molar-refractivity contribution is -0.192. The van der Waals surface area contributed by atoms with Gasteiger partial charge in [-0.25, -0.2) is 13.2 Å². The Morgan fingerprint density at radius 1 is 1.03 bits per heavy atom. The molecular formula is C26H32F3N3O6S. The lowest BCUT2D eigenvalue weighted by Gasteiger charge is -2.27. The molecule has 2 aliphatic rings. The second-order valence-electron chi connectivity index (χ2n) is 9.52. The summed E-state index contributed by atoms with van der Waals surface area (Å²) < 4.78 is 65.2. The number of carbonyl (C=O) groups is 2. The summed E-state index contributed by atoms with van der Waals surface area (Å²) in [7, 11) is -3.67. The second kappa shape index (κ2) is 12.3. The Balaban J connectivity index is 0.000000532. The summed E-state index contributed by atoms with van der Waals surface area (Å²) in [5.41, 5.74) is 2.90. The van der Waals surface area contributed by atoms with Crippen LogP contribution in [-0.2, 0) is 29.8 Å². The number of anilines is 1. The third kappa shape index (κ3) is 8.16. The summed E-state index contributed by atoms with van der Waals surface area (Å²) in [5, 5.41) is 10.2. The van der Waals surface area contributed by atoms with E-state index in [-0.39, 0.29) is 10.8 Å². The van der Waals surface area contributed by atoms with Gasteiger partial charge >= 0.3 is 12.1 Å². The summed E-state index contributed by atoms with van der Waals surface area (Å²) >= 11 is 0. The number of aryl methyl sites for hydroxylation is 2. The monoisotopic (exact) mass is 571 g/mol. The molecule has 13 heteroatoms. The fourth-order valence-electron chi connectivity index (χ4n) is 4.05. The number of carbonyl (C=O) groups excluding carboxylic acids is 1. The van der Waals surface area contributed by atoms with Crippen LogP contribution in [0.1, 0.15) is 29.5 Å². The van der Waals surface area contributed by atoms with Gasteiger partial charge in [-0.1, -0.05) is 18.2 Å². The molecule has 0 spiro atoms. The normalized spacial score (nSPS) is 16.9. The van der Waals surface area contributed by atoms with Gasteiger partial charge in [-0.15, -0.1) is 0 Å². The van der Waals surface area contributed by atoms with Gasteiger partial charge in [0.1, 0.15) is 0 Å².